The second-order valence-corrected chi connectivity index (χ2v) is 15.3. The number of guanidine groups is 1. The summed E-state index contributed by atoms with van der Waals surface area (Å²) in [6.45, 7) is -1.33. The smallest absolute Gasteiger partial charge is 0.245 e. The quantitative estimate of drug-likeness (QED) is 0.0183. The average Bonchev–Trinajstić information content (AvgIpc) is 4.07. The lowest BCUT2D eigenvalue weighted by atomic mass is 10.0. The number of aliphatic hydroxyl groups is 1. The molecule has 3 heterocycles. The fraction of sp³-hybridized carbons (Fsp3) is 0.381. The Labute approximate surface area is 372 Å². The van der Waals surface area contributed by atoms with E-state index in [9.17, 15) is 43.5 Å². The van der Waals surface area contributed by atoms with Crippen molar-refractivity contribution in [1.29, 1.82) is 0 Å². The fourth-order valence-corrected chi connectivity index (χ4v) is 7.05. The number of primary amides is 1. The van der Waals surface area contributed by atoms with Gasteiger partial charge in [-0.1, -0.05) is 48.5 Å². The molecular weight excluding hydrogens is 845 g/mol. The maximum atomic E-state index is 14.3. The summed E-state index contributed by atoms with van der Waals surface area (Å²) in [6.07, 6.45) is 4.75. The van der Waals surface area contributed by atoms with Gasteiger partial charge in [0.25, 0.3) is 0 Å². The minimum absolute atomic E-state index is 0.0413. The number of aliphatic hydroxyl groups excluding tert-OH is 1. The number of imidazole rings is 1. The third-order valence-corrected chi connectivity index (χ3v) is 10.4. The SMILES string of the molecule is NC(=O)CNC(=O)[C@H](Cc1c[nH]c2ccccc12)NC(=O)[C@H](CO)NC(=O)[C@H](Cc1cnc[nH]1)NC(=O)[C@H](Cc1ccccc1)NC(=O)[C@H](CCCN=C(N)N)NC(=O)[C@@H]1CCC(=O)N1. The topological polar surface area (TPSA) is 376 Å². The molecule has 0 saturated carbocycles. The molecule has 1 aliphatic rings. The van der Waals surface area contributed by atoms with E-state index in [0.29, 0.717) is 16.8 Å². The maximum absolute atomic E-state index is 14.3. The first-order valence-electron chi connectivity index (χ1n) is 20.8. The molecule has 2 aromatic heterocycles. The highest BCUT2D eigenvalue weighted by atomic mass is 16.3. The number of aliphatic imine (C=N–C) groups is 1. The molecule has 346 valence electrons. The second-order valence-electron chi connectivity index (χ2n) is 15.3. The van der Waals surface area contributed by atoms with E-state index in [0.717, 1.165) is 10.9 Å². The van der Waals surface area contributed by atoms with Crippen molar-refractivity contribution in [1.82, 2.24) is 52.2 Å². The van der Waals surface area contributed by atoms with Crippen molar-refractivity contribution in [3.05, 3.63) is 90.1 Å². The van der Waals surface area contributed by atoms with Crippen molar-refractivity contribution >= 4 is 64.1 Å². The highest BCUT2D eigenvalue weighted by Gasteiger charge is 2.35. The number of fused-ring (bicyclic) bond motifs is 1. The Hall–Kier alpha value is -7.82. The number of rotatable bonds is 24. The number of H-pyrrole nitrogens is 2. The number of nitrogens with zero attached hydrogens (tertiary/aromatic N) is 2. The van der Waals surface area contributed by atoms with Gasteiger partial charge in [0, 0.05) is 61.2 Å². The molecule has 6 atom stereocenters. The fourth-order valence-electron chi connectivity index (χ4n) is 7.05. The Morgan fingerprint density at radius 3 is 2.02 bits per heavy atom. The highest BCUT2D eigenvalue weighted by Crippen LogP contribution is 2.19. The molecule has 16 N–H and O–H groups in total. The summed E-state index contributed by atoms with van der Waals surface area (Å²) in [5.41, 5.74) is 18.6. The van der Waals surface area contributed by atoms with E-state index in [2.05, 4.69) is 57.2 Å². The Morgan fingerprint density at radius 1 is 0.754 bits per heavy atom. The predicted octanol–water partition coefficient (Wildman–Crippen LogP) is -3.73. The van der Waals surface area contributed by atoms with Gasteiger partial charge in [0.15, 0.2) is 5.96 Å². The first kappa shape index (κ1) is 48.2. The highest BCUT2D eigenvalue weighted by molar-refractivity contribution is 5.98. The molecule has 1 fully saturated rings. The van der Waals surface area contributed by atoms with Gasteiger partial charge >= 0.3 is 0 Å². The lowest BCUT2D eigenvalue weighted by molar-refractivity contribution is -0.135. The van der Waals surface area contributed by atoms with E-state index < -0.39 is 90.8 Å². The van der Waals surface area contributed by atoms with E-state index in [1.165, 1.54) is 12.5 Å². The van der Waals surface area contributed by atoms with Crippen molar-refractivity contribution in [3.8, 4) is 0 Å². The summed E-state index contributed by atoms with van der Waals surface area (Å²) >= 11 is 0. The zero-order valence-electron chi connectivity index (χ0n) is 35.3. The number of hydrogen-bond donors (Lipinski definition) is 13. The average molecular weight is 899 g/mol. The van der Waals surface area contributed by atoms with Crippen LogP contribution in [0.3, 0.4) is 0 Å². The molecule has 23 nitrogen and oxygen atoms in total. The Balaban J connectivity index is 1.35. The molecule has 1 aliphatic heterocycles. The second kappa shape index (κ2) is 23.6. The molecule has 0 spiro atoms. The molecule has 0 unspecified atom stereocenters. The van der Waals surface area contributed by atoms with Crippen LogP contribution in [0.4, 0.5) is 0 Å². The molecule has 0 radical (unpaired) electrons. The van der Waals surface area contributed by atoms with E-state index in [1.54, 1.807) is 42.6 Å². The zero-order chi connectivity index (χ0) is 46.9. The molecule has 23 heteroatoms. The molecule has 0 bridgehead atoms. The van der Waals surface area contributed by atoms with Gasteiger partial charge < -0.3 is 69.5 Å². The van der Waals surface area contributed by atoms with Gasteiger partial charge in [-0.25, -0.2) is 4.98 Å². The van der Waals surface area contributed by atoms with Crippen LogP contribution >= 0.6 is 0 Å². The summed E-state index contributed by atoms with van der Waals surface area (Å²) in [6, 6.07) is 8.12. The normalized spacial score (nSPS) is 15.5. The van der Waals surface area contributed by atoms with Crippen LogP contribution in [0.2, 0.25) is 0 Å². The summed E-state index contributed by atoms with van der Waals surface area (Å²) in [5, 5.41) is 29.1. The summed E-state index contributed by atoms with van der Waals surface area (Å²) in [4.78, 5) is 120. The molecule has 8 amide bonds. The number of carbonyl (C=O) groups is 8. The predicted molar refractivity (Wildman–Crippen MR) is 234 cm³/mol. The van der Waals surface area contributed by atoms with Crippen LogP contribution < -0.4 is 54.4 Å². The number of hydrogen-bond acceptors (Lipinski definition) is 11. The van der Waals surface area contributed by atoms with E-state index >= 15 is 0 Å². The van der Waals surface area contributed by atoms with Crippen molar-refractivity contribution in [2.24, 2.45) is 22.2 Å². The number of para-hydroxylation sites is 1. The third kappa shape index (κ3) is 14.6. The van der Waals surface area contributed by atoms with E-state index in [1.807, 2.05) is 18.2 Å². The Kier molecular flexibility index (Phi) is 17.5. The molecule has 1 saturated heterocycles. The summed E-state index contributed by atoms with van der Waals surface area (Å²) in [7, 11) is 0. The number of nitrogens with one attached hydrogen (secondary N) is 9. The first-order chi connectivity index (χ1) is 31.2. The lowest BCUT2D eigenvalue weighted by Gasteiger charge is -2.27. The Bertz CT molecular complexity index is 2330. The lowest BCUT2D eigenvalue weighted by Crippen LogP contribution is -2.61. The molecule has 5 rings (SSSR count). The molecule has 65 heavy (non-hydrogen) atoms. The van der Waals surface area contributed by atoms with Crippen LogP contribution in [0.1, 0.15) is 42.5 Å². The minimum atomic E-state index is -1.65. The van der Waals surface area contributed by atoms with Crippen molar-refractivity contribution in [2.75, 3.05) is 19.7 Å². The number of carbonyl (C=O) groups excluding carboxylic acids is 8. The van der Waals surface area contributed by atoms with Gasteiger partial charge in [0.05, 0.1) is 19.5 Å². The standard InChI is InChI=1S/C42H54N14O9/c43-34(58)20-49-36(60)31(16-24-18-48-27-10-5-4-9-26(24)27)54-41(65)33(21-57)56-40(64)32(17-25-19-46-22-50-25)55-39(63)30(15-23-7-2-1-3-8-23)53-37(61)28(11-6-14-47-42(44)45)52-38(62)29-12-13-35(59)51-29/h1-5,7-10,18-19,22,28-33,48,57H,6,11-17,20-21H2,(H2,43,58)(H,46,50)(H,49,60)(H,51,59)(H,52,62)(H,53,61)(H,54,65)(H,55,63)(H,56,64)(H4,44,45,47)/t28-,29-,30-,31-,32-,33-/m0/s1. The van der Waals surface area contributed by atoms with Crippen LogP contribution in [-0.4, -0.2) is 129 Å². The number of aromatic nitrogens is 3. The van der Waals surface area contributed by atoms with Crippen molar-refractivity contribution in [3.63, 3.8) is 0 Å². The third-order valence-electron chi connectivity index (χ3n) is 10.4. The van der Waals surface area contributed by atoms with Gasteiger partial charge in [-0.15, -0.1) is 0 Å². The van der Waals surface area contributed by atoms with Gasteiger partial charge in [0.2, 0.25) is 47.3 Å². The maximum Gasteiger partial charge on any atom is 0.245 e. The monoisotopic (exact) mass is 898 g/mol. The number of aromatic amines is 2. The molecule has 2 aromatic carbocycles. The van der Waals surface area contributed by atoms with Gasteiger partial charge in [-0.2, -0.15) is 0 Å². The molecule has 4 aromatic rings. The van der Waals surface area contributed by atoms with Gasteiger partial charge in [-0.05, 0) is 36.5 Å². The van der Waals surface area contributed by atoms with E-state index in [4.69, 9.17) is 17.2 Å². The zero-order valence-corrected chi connectivity index (χ0v) is 35.3. The van der Waals surface area contributed by atoms with E-state index in [-0.39, 0.29) is 63.4 Å². The van der Waals surface area contributed by atoms with Crippen molar-refractivity contribution < 1.29 is 43.5 Å². The molecule has 0 aliphatic carbocycles. The molecular formula is C42H54N14O9. The minimum Gasteiger partial charge on any atom is -0.394 e. The Morgan fingerprint density at radius 2 is 1.38 bits per heavy atom. The summed E-state index contributed by atoms with van der Waals surface area (Å²) < 4.78 is 0. The van der Waals surface area contributed by atoms with Gasteiger partial charge in [0.1, 0.15) is 36.3 Å². The number of amides is 8. The van der Waals surface area contributed by atoms with Crippen LogP contribution in [0.5, 0.6) is 0 Å². The first-order valence-corrected chi connectivity index (χ1v) is 20.8. The van der Waals surface area contributed by atoms with Crippen LogP contribution in [0.15, 0.2) is 78.3 Å². The van der Waals surface area contributed by atoms with Crippen LogP contribution in [0.25, 0.3) is 10.9 Å². The van der Waals surface area contributed by atoms with Crippen LogP contribution in [0, 0.1) is 0 Å². The van der Waals surface area contributed by atoms with Crippen LogP contribution in [-0.2, 0) is 57.6 Å². The largest absolute Gasteiger partial charge is 0.394 e. The number of benzene rings is 2. The van der Waals surface area contributed by atoms with Crippen molar-refractivity contribution in [2.45, 2.75) is 81.2 Å². The summed E-state index contributed by atoms with van der Waals surface area (Å²) in [5.74, 6) is -6.14. The van der Waals surface area contributed by atoms with Gasteiger partial charge in [-0.3, -0.25) is 43.3 Å². The number of nitrogens with two attached hydrogens (primary N) is 3.